The molecule has 0 atom stereocenters. The summed E-state index contributed by atoms with van der Waals surface area (Å²) in [6, 6.07) is 4.44. The third-order valence-electron chi connectivity index (χ3n) is 3.09. The van der Waals surface area contributed by atoms with Crippen LogP contribution in [0.15, 0.2) is 24.4 Å². The highest BCUT2D eigenvalue weighted by Gasteiger charge is 2.15. The SMILES string of the molecule is COc1cc(F)ccc1-c1n[nH]cc1CN(C)CCN. The monoisotopic (exact) mass is 278 g/mol. The van der Waals surface area contributed by atoms with Crippen molar-refractivity contribution in [3.05, 3.63) is 35.8 Å². The number of hydrogen-bond acceptors (Lipinski definition) is 4. The summed E-state index contributed by atoms with van der Waals surface area (Å²) in [6.07, 6.45) is 1.84. The normalized spacial score (nSPS) is 11.1. The molecule has 6 heteroatoms. The maximum absolute atomic E-state index is 13.3. The molecule has 0 bridgehead atoms. The molecular weight excluding hydrogens is 259 g/mol. The zero-order chi connectivity index (χ0) is 14.5. The lowest BCUT2D eigenvalue weighted by Crippen LogP contribution is -2.25. The Balaban J connectivity index is 2.32. The first-order valence-corrected chi connectivity index (χ1v) is 6.41. The van der Waals surface area contributed by atoms with Crippen molar-refractivity contribution in [2.45, 2.75) is 6.54 Å². The van der Waals surface area contributed by atoms with E-state index < -0.39 is 0 Å². The van der Waals surface area contributed by atoms with Crippen LogP contribution in [0.5, 0.6) is 5.75 Å². The van der Waals surface area contributed by atoms with Crippen molar-refractivity contribution in [2.75, 3.05) is 27.2 Å². The van der Waals surface area contributed by atoms with E-state index in [1.807, 2.05) is 13.2 Å². The number of nitrogens with two attached hydrogens (primary N) is 1. The summed E-state index contributed by atoms with van der Waals surface area (Å²) < 4.78 is 18.5. The van der Waals surface area contributed by atoms with Crippen LogP contribution in [0.3, 0.4) is 0 Å². The number of likely N-dealkylation sites (N-methyl/N-ethyl adjacent to an activating group) is 1. The molecule has 0 saturated carbocycles. The number of aromatic nitrogens is 2. The van der Waals surface area contributed by atoms with E-state index in [1.54, 1.807) is 6.07 Å². The molecule has 0 spiro atoms. The number of hydrogen-bond donors (Lipinski definition) is 2. The molecule has 2 aromatic rings. The van der Waals surface area contributed by atoms with Crippen LogP contribution in [0.25, 0.3) is 11.3 Å². The van der Waals surface area contributed by atoms with Crippen molar-refractivity contribution in [1.29, 1.82) is 0 Å². The molecule has 0 amide bonds. The van der Waals surface area contributed by atoms with Gasteiger partial charge in [0.15, 0.2) is 0 Å². The fourth-order valence-electron chi connectivity index (χ4n) is 2.12. The van der Waals surface area contributed by atoms with E-state index in [0.717, 1.165) is 23.4 Å². The summed E-state index contributed by atoms with van der Waals surface area (Å²) in [5.41, 5.74) is 8.10. The van der Waals surface area contributed by atoms with Crippen LogP contribution >= 0.6 is 0 Å². The second kappa shape index (κ2) is 6.49. The summed E-state index contributed by atoms with van der Waals surface area (Å²) in [5, 5.41) is 7.11. The Morgan fingerprint density at radius 1 is 1.45 bits per heavy atom. The first-order valence-electron chi connectivity index (χ1n) is 6.41. The molecule has 3 N–H and O–H groups in total. The van der Waals surface area contributed by atoms with E-state index in [2.05, 4.69) is 15.1 Å². The minimum Gasteiger partial charge on any atom is -0.496 e. The number of methoxy groups -OCH3 is 1. The predicted octanol–water partition coefficient (Wildman–Crippen LogP) is 1.61. The van der Waals surface area contributed by atoms with E-state index in [1.165, 1.54) is 19.2 Å². The zero-order valence-corrected chi connectivity index (χ0v) is 11.7. The summed E-state index contributed by atoms with van der Waals surface area (Å²) >= 11 is 0. The lowest BCUT2D eigenvalue weighted by Gasteiger charge is -2.15. The maximum atomic E-state index is 13.3. The van der Waals surface area contributed by atoms with Gasteiger partial charge in [-0.05, 0) is 19.2 Å². The number of ether oxygens (including phenoxy) is 1. The quantitative estimate of drug-likeness (QED) is 0.842. The summed E-state index contributed by atoms with van der Waals surface area (Å²) in [5.74, 6) is 0.141. The van der Waals surface area contributed by atoms with Gasteiger partial charge in [0.2, 0.25) is 0 Å². The highest BCUT2D eigenvalue weighted by molar-refractivity contribution is 5.69. The van der Waals surface area contributed by atoms with Gasteiger partial charge in [0.1, 0.15) is 17.3 Å². The van der Waals surface area contributed by atoms with Gasteiger partial charge in [-0.15, -0.1) is 0 Å². The van der Waals surface area contributed by atoms with Crippen molar-refractivity contribution in [3.63, 3.8) is 0 Å². The molecule has 20 heavy (non-hydrogen) atoms. The van der Waals surface area contributed by atoms with Crippen LogP contribution < -0.4 is 10.5 Å². The predicted molar refractivity (Wildman–Crippen MR) is 75.9 cm³/mol. The van der Waals surface area contributed by atoms with Crippen LogP contribution in [0.1, 0.15) is 5.56 Å². The highest BCUT2D eigenvalue weighted by atomic mass is 19.1. The van der Waals surface area contributed by atoms with Crippen molar-refractivity contribution < 1.29 is 9.13 Å². The Labute approximate surface area is 117 Å². The molecule has 0 fully saturated rings. The maximum Gasteiger partial charge on any atom is 0.131 e. The summed E-state index contributed by atoms with van der Waals surface area (Å²) in [7, 11) is 3.51. The fraction of sp³-hybridized carbons (Fsp3) is 0.357. The second-order valence-electron chi connectivity index (χ2n) is 4.63. The molecule has 0 unspecified atom stereocenters. The zero-order valence-electron chi connectivity index (χ0n) is 11.7. The molecule has 1 aromatic heterocycles. The van der Waals surface area contributed by atoms with E-state index in [0.29, 0.717) is 18.8 Å². The molecule has 5 nitrogen and oxygen atoms in total. The van der Waals surface area contributed by atoms with Crippen LogP contribution in [-0.4, -0.2) is 42.3 Å². The fourth-order valence-corrected chi connectivity index (χ4v) is 2.12. The lowest BCUT2D eigenvalue weighted by atomic mass is 10.1. The number of aromatic amines is 1. The summed E-state index contributed by atoms with van der Waals surface area (Å²) in [4.78, 5) is 2.10. The topological polar surface area (TPSA) is 67.2 Å². The van der Waals surface area contributed by atoms with Crippen LogP contribution in [0.4, 0.5) is 4.39 Å². The van der Waals surface area contributed by atoms with Gasteiger partial charge in [0.25, 0.3) is 0 Å². The van der Waals surface area contributed by atoms with Gasteiger partial charge >= 0.3 is 0 Å². The molecule has 1 aromatic carbocycles. The minimum absolute atomic E-state index is 0.331. The lowest BCUT2D eigenvalue weighted by molar-refractivity contribution is 0.336. The minimum atomic E-state index is -0.331. The average molecular weight is 278 g/mol. The third kappa shape index (κ3) is 3.15. The number of halogens is 1. The van der Waals surface area contributed by atoms with Crippen molar-refractivity contribution in [1.82, 2.24) is 15.1 Å². The largest absolute Gasteiger partial charge is 0.496 e. The average Bonchev–Trinajstić information content (AvgIpc) is 2.86. The van der Waals surface area contributed by atoms with Crippen LogP contribution in [0.2, 0.25) is 0 Å². The van der Waals surface area contributed by atoms with Crippen molar-refractivity contribution in [2.24, 2.45) is 5.73 Å². The number of H-pyrrole nitrogens is 1. The number of nitrogens with one attached hydrogen (secondary N) is 1. The Bertz CT molecular complexity index is 570. The van der Waals surface area contributed by atoms with E-state index in [9.17, 15) is 4.39 Å². The number of benzene rings is 1. The Hall–Kier alpha value is -1.92. The van der Waals surface area contributed by atoms with E-state index >= 15 is 0 Å². The Morgan fingerprint density at radius 2 is 2.25 bits per heavy atom. The summed E-state index contributed by atoms with van der Waals surface area (Å²) in [6.45, 7) is 2.11. The molecule has 0 aliphatic heterocycles. The Morgan fingerprint density at radius 3 is 2.95 bits per heavy atom. The van der Waals surface area contributed by atoms with Gasteiger partial charge in [-0.25, -0.2) is 4.39 Å². The molecule has 0 radical (unpaired) electrons. The van der Waals surface area contributed by atoms with Gasteiger partial charge in [-0.1, -0.05) is 0 Å². The molecule has 1 heterocycles. The van der Waals surface area contributed by atoms with Gasteiger partial charge in [-0.2, -0.15) is 5.10 Å². The first kappa shape index (κ1) is 14.5. The van der Waals surface area contributed by atoms with Crippen LogP contribution in [0, 0.1) is 5.82 Å². The van der Waals surface area contributed by atoms with Crippen LogP contribution in [-0.2, 0) is 6.54 Å². The Kier molecular flexibility index (Phi) is 4.70. The molecular formula is C14H19FN4O. The number of nitrogens with zero attached hydrogens (tertiary/aromatic N) is 2. The van der Waals surface area contributed by atoms with E-state index in [4.69, 9.17) is 10.5 Å². The highest BCUT2D eigenvalue weighted by Crippen LogP contribution is 2.31. The molecule has 2 rings (SSSR count). The molecule has 0 aliphatic rings. The molecule has 0 saturated heterocycles. The smallest absolute Gasteiger partial charge is 0.131 e. The number of rotatable bonds is 6. The van der Waals surface area contributed by atoms with Gasteiger partial charge in [0.05, 0.1) is 7.11 Å². The third-order valence-corrected chi connectivity index (χ3v) is 3.09. The molecule has 0 aliphatic carbocycles. The second-order valence-corrected chi connectivity index (χ2v) is 4.63. The molecule has 108 valence electrons. The first-order chi connectivity index (χ1) is 9.65. The van der Waals surface area contributed by atoms with Gasteiger partial charge in [0, 0.05) is 43.0 Å². The van der Waals surface area contributed by atoms with Gasteiger partial charge < -0.3 is 15.4 Å². The standard InChI is InChI=1S/C14H19FN4O/c1-19(6-5-16)9-10-8-17-18-14(10)12-4-3-11(15)7-13(12)20-2/h3-4,7-8H,5-6,9,16H2,1-2H3,(H,17,18). The van der Waals surface area contributed by atoms with Crippen molar-refractivity contribution >= 4 is 0 Å². The van der Waals surface area contributed by atoms with Gasteiger partial charge in [-0.3, -0.25) is 5.10 Å². The van der Waals surface area contributed by atoms with Crippen molar-refractivity contribution in [3.8, 4) is 17.0 Å². The van der Waals surface area contributed by atoms with E-state index in [-0.39, 0.29) is 5.82 Å².